The standard InChI is InChI=1S/C15H26N2O2/c1-12(2)9-14(10-13(3,4)17(12)5)11(18)16-15(19-14)7-6-8-15/h6-10H2,1-5H3,(H,16,18). The molecule has 4 nitrogen and oxygen atoms in total. The molecule has 0 atom stereocenters. The number of hydrogen-bond acceptors (Lipinski definition) is 3. The van der Waals surface area contributed by atoms with Gasteiger partial charge in [-0.25, -0.2) is 0 Å². The van der Waals surface area contributed by atoms with Gasteiger partial charge in [-0.2, -0.15) is 0 Å². The number of nitrogens with one attached hydrogen (secondary N) is 1. The lowest BCUT2D eigenvalue weighted by Crippen LogP contribution is -2.66. The van der Waals surface area contributed by atoms with Crippen molar-refractivity contribution in [3.8, 4) is 0 Å². The minimum atomic E-state index is -0.625. The molecule has 4 heteroatoms. The molecule has 108 valence electrons. The fourth-order valence-electron chi connectivity index (χ4n) is 4.24. The highest BCUT2D eigenvalue weighted by Gasteiger charge is 2.63. The molecule has 3 aliphatic rings. The van der Waals surface area contributed by atoms with E-state index in [4.69, 9.17) is 4.74 Å². The largest absolute Gasteiger partial charge is 0.339 e. The van der Waals surface area contributed by atoms with Crippen LogP contribution in [-0.2, 0) is 9.53 Å². The van der Waals surface area contributed by atoms with E-state index in [-0.39, 0.29) is 22.7 Å². The zero-order valence-corrected chi connectivity index (χ0v) is 12.8. The van der Waals surface area contributed by atoms with Crippen LogP contribution in [0.4, 0.5) is 0 Å². The maximum Gasteiger partial charge on any atom is 0.254 e. The molecule has 2 saturated heterocycles. The SMILES string of the molecule is CN1C(C)(C)CC2(CC1(C)C)OC1(CCC1)NC2=O. The second kappa shape index (κ2) is 3.53. The summed E-state index contributed by atoms with van der Waals surface area (Å²) < 4.78 is 6.36. The fourth-order valence-corrected chi connectivity index (χ4v) is 4.24. The summed E-state index contributed by atoms with van der Waals surface area (Å²) in [6, 6.07) is 0. The summed E-state index contributed by atoms with van der Waals surface area (Å²) in [6.07, 6.45) is 4.64. The first-order valence-corrected chi connectivity index (χ1v) is 7.38. The zero-order chi connectivity index (χ0) is 14.1. The van der Waals surface area contributed by atoms with Gasteiger partial charge in [-0.05, 0) is 54.0 Å². The molecule has 0 bridgehead atoms. The second-order valence-corrected chi connectivity index (χ2v) is 7.94. The minimum Gasteiger partial charge on any atom is -0.339 e. The first-order chi connectivity index (χ1) is 8.61. The lowest BCUT2D eigenvalue weighted by atomic mass is 9.71. The molecule has 2 spiro atoms. The number of ether oxygens (including phenoxy) is 1. The van der Waals surface area contributed by atoms with E-state index in [2.05, 4.69) is 45.0 Å². The maximum absolute atomic E-state index is 12.6. The number of likely N-dealkylation sites (tertiary alicyclic amines) is 1. The van der Waals surface area contributed by atoms with Crippen LogP contribution in [0.3, 0.4) is 0 Å². The van der Waals surface area contributed by atoms with Gasteiger partial charge in [0.25, 0.3) is 5.91 Å². The number of hydrogen-bond donors (Lipinski definition) is 1. The first kappa shape index (κ1) is 13.4. The molecule has 2 heterocycles. The predicted octanol–water partition coefficient (Wildman–Crippen LogP) is 2.03. The van der Waals surface area contributed by atoms with Gasteiger partial charge in [0.05, 0.1) is 0 Å². The van der Waals surface area contributed by atoms with Crippen LogP contribution in [-0.4, -0.2) is 40.3 Å². The molecule has 1 aliphatic carbocycles. The highest BCUT2D eigenvalue weighted by Crippen LogP contribution is 2.51. The van der Waals surface area contributed by atoms with Crippen molar-refractivity contribution in [3.63, 3.8) is 0 Å². The van der Waals surface area contributed by atoms with Crippen molar-refractivity contribution < 1.29 is 9.53 Å². The van der Waals surface area contributed by atoms with Crippen molar-refractivity contribution in [1.82, 2.24) is 10.2 Å². The maximum atomic E-state index is 12.6. The number of nitrogens with zero attached hydrogens (tertiary/aromatic N) is 1. The smallest absolute Gasteiger partial charge is 0.254 e. The minimum absolute atomic E-state index is 0.0334. The Morgan fingerprint density at radius 3 is 2.00 bits per heavy atom. The van der Waals surface area contributed by atoms with Crippen LogP contribution in [0.15, 0.2) is 0 Å². The topological polar surface area (TPSA) is 41.6 Å². The Morgan fingerprint density at radius 2 is 1.63 bits per heavy atom. The van der Waals surface area contributed by atoms with Crippen molar-refractivity contribution in [1.29, 1.82) is 0 Å². The Hall–Kier alpha value is -0.610. The van der Waals surface area contributed by atoms with Crippen molar-refractivity contribution in [3.05, 3.63) is 0 Å². The summed E-state index contributed by atoms with van der Waals surface area (Å²) in [5.41, 5.74) is -1.03. The van der Waals surface area contributed by atoms with E-state index in [9.17, 15) is 4.79 Å². The summed E-state index contributed by atoms with van der Waals surface area (Å²) in [6.45, 7) is 8.83. The number of carbonyl (C=O) groups is 1. The molecule has 1 amide bonds. The van der Waals surface area contributed by atoms with E-state index in [1.807, 2.05) is 0 Å². The Morgan fingerprint density at radius 1 is 1.11 bits per heavy atom. The molecule has 2 aliphatic heterocycles. The summed E-state index contributed by atoms with van der Waals surface area (Å²) in [5.74, 6) is 0.112. The highest BCUT2D eigenvalue weighted by molar-refractivity contribution is 5.88. The molecule has 1 saturated carbocycles. The van der Waals surface area contributed by atoms with Gasteiger partial charge in [-0.1, -0.05) is 0 Å². The van der Waals surface area contributed by atoms with E-state index in [0.717, 1.165) is 32.1 Å². The lowest BCUT2D eigenvalue weighted by molar-refractivity contribution is -0.199. The molecule has 0 aromatic rings. The van der Waals surface area contributed by atoms with E-state index in [0.29, 0.717) is 0 Å². The van der Waals surface area contributed by atoms with Crippen LogP contribution in [0, 0.1) is 0 Å². The molecule has 1 N–H and O–H groups in total. The van der Waals surface area contributed by atoms with Gasteiger partial charge in [-0.15, -0.1) is 0 Å². The molecule has 0 aromatic heterocycles. The van der Waals surface area contributed by atoms with Crippen LogP contribution in [0.1, 0.15) is 59.8 Å². The van der Waals surface area contributed by atoms with Gasteiger partial charge < -0.3 is 10.1 Å². The predicted molar refractivity (Wildman–Crippen MR) is 73.7 cm³/mol. The molecule has 3 rings (SSSR count). The fraction of sp³-hybridized carbons (Fsp3) is 0.933. The quantitative estimate of drug-likeness (QED) is 0.729. The van der Waals surface area contributed by atoms with Crippen molar-refractivity contribution in [2.75, 3.05) is 7.05 Å². The Balaban J connectivity index is 1.94. The van der Waals surface area contributed by atoms with Gasteiger partial charge in [0.1, 0.15) is 5.72 Å². The number of rotatable bonds is 0. The highest BCUT2D eigenvalue weighted by atomic mass is 16.6. The monoisotopic (exact) mass is 266 g/mol. The van der Waals surface area contributed by atoms with Crippen LogP contribution in [0.5, 0.6) is 0 Å². The first-order valence-electron chi connectivity index (χ1n) is 7.38. The molecular weight excluding hydrogens is 240 g/mol. The Kier molecular flexibility index (Phi) is 2.48. The van der Waals surface area contributed by atoms with Gasteiger partial charge >= 0.3 is 0 Å². The van der Waals surface area contributed by atoms with Crippen LogP contribution in [0.2, 0.25) is 0 Å². The third kappa shape index (κ3) is 1.76. The third-order valence-electron chi connectivity index (χ3n) is 5.56. The van der Waals surface area contributed by atoms with Gasteiger partial charge in [0, 0.05) is 23.9 Å². The Bertz CT molecular complexity index is 406. The number of amides is 1. The van der Waals surface area contributed by atoms with E-state index >= 15 is 0 Å². The van der Waals surface area contributed by atoms with Crippen LogP contribution >= 0.6 is 0 Å². The molecule has 0 aromatic carbocycles. The summed E-state index contributed by atoms with van der Waals surface area (Å²) in [5, 5.41) is 3.14. The van der Waals surface area contributed by atoms with Gasteiger partial charge in [0.2, 0.25) is 0 Å². The Labute approximate surface area is 115 Å². The van der Waals surface area contributed by atoms with Crippen molar-refractivity contribution >= 4 is 5.91 Å². The van der Waals surface area contributed by atoms with E-state index < -0.39 is 5.60 Å². The van der Waals surface area contributed by atoms with Crippen molar-refractivity contribution in [2.24, 2.45) is 0 Å². The average molecular weight is 266 g/mol. The molecule has 3 fully saturated rings. The number of piperidine rings is 1. The van der Waals surface area contributed by atoms with E-state index in [1.54, 1.807) is 0 Å². The van der Waals surface area contributed by atoms with Crippen molar-refractivity contribution in [2.45, 2.75) is 82.2 Å². The third-order valence-corrected chi connectivity index (χ3v) is 5.56. The molecule has 0 radical (unpaired) electrons. The molecule has 19 heavy (non-hydrogen) atoms. The normalized spacial score (nSPS) is 34.3. The van der Waals surface area contributed by atoms with Crippen LogP contribution in [0.25, 0.3) is 0 Å². The van der Waals surface area contributed by atoms with Gasteiger partial charge in [0.15, 0.2) is 5.60 Å². The summed E-state index contributed by atoms with van der Waals surface area (Å²) in [7, 11) is 2.15. The van der Waals surface area contributed by atoms with E-state index in [1.165, 1.54) is 0 Å². The number of carbonyl (C=O) groups excluding carboxylic acids is 1. The van der Waals surface area contributed by atoms with Crippen LogP contribution < -0.4 is 5.32 Å². The second-order valence-electron chi connectivity index (χ2n) is 7.94. The molecular formula is C15H26N2O2. The lowest BCUT2D eigenvalue weighted by Gasteiger charge is -2.56. The van der Waals surface area contributed by atoms with Gasteiger partial charge in [-0.3, -0.25) is 9.69 Å². The zero-order valence-electron chi connectivity index (χ0n) is 12.8. The summed E-state index contributed by atoms with van der Waals surface area (Å²) in [4.78, 5) is 15.0. The molecule has 0 unspecified atom stereocenters. The summed E-state index contributed by atoms with van der Waals surface area (Å²) >= 11 is 0. The average Bonchev–Trinajstić information content (AvgIpc) is 2.48.